The van der Waals surface area contributed by atoms with Crippen molar-refractivity contribution in [3.05, 3.63) is 102 Å². The summed E-state index contributed by atoms with van der Waals surface area (Å²) in [6, 6.07) is 27.9. The number of pyridine rings is 1. The molecule has 6 heteroatoms. The number of H-pyrrole nitrogens is 1. The minimum absolute atomic E-state index is 0.141. The Morgan fingerprint density at radius 3 is 2.69 bits per heavy atom. The molecular weight excluding hydrogens is 434 g/mol. The molecule has 0 bridgehead atoms. The third-order valence-corrected chi connectivity index (χ3v) is 6.00. The molecule has 3 aromatic carbocycles. The van der Waals surface area contributed by atoms with E-state index in [-0.39, 0.29) is 6.04 Å². The fraction of sp³-hybridized carbons (Fsp3) is 0.138. The molecule has 0 spiro atoms. The quantitative estimate of drug-likeness (QED) is 0.338. The number of rotatable bonds is 7. The molecule has 2 heterocycles. The van der Waals surface area contributed by atoms with Gasteiger partial charge in [0.2, 0.25) is 0 Å². The SMILES string of the molecule is Cc1n[nH]c2ccc(-c3cc(OC[C@@H](N)Cc4ccccc4)cnc3-c3cccc(C#N)c3)cc12. The van der Waals surface area contributed by atoms with Crippen LogP contribution < -0.4 is 10.5 Å². The molecule has 2 aromatic heterocycles. The van der Waals surface area contributed by atoms with Gasteiger partial charge in [0, 0.05) is 22.6 Å². The number of nitrogens with two attached hydrogens (primary N) is 1. The molecule has 5 rings (SSSR count). The van der Waals surface area contributed by atoms with Gasteiger partial charge in [-0.2, -0.15) is 10.4 Å². The summed E-state index contributed by atoms with van der Waals surface area (Å²) >= 11 is 0. The van der Waals surface area contributed by atoms with Gasteiger partial charge in [-0.25, -0.2) is 0 Å². The van der Waals surface area contributed by atoms with E-state index < -0.39 is 0 Å². The molecule has 0 amide bonds. The van der Waals surface area contributed by atoms with Crippen LogP contribution in [0.4, 0.5) is 0 Å². The number of benzene rings is 3. The Hall–Kier alpha value is -4.47. The first kappa shape index (κ1) is 22.3. The van der Waals surface area contributed by atoms with Gasteiger partial charge < -0.3 is 10.5 Å². The molecule has 3 N–H and O–H groups in total. The van der Waals surface area contributed by atoms with Crippen LogP contribution in [0.5, 0.6) is 5.75 Å². The lowest BCUT2D eigenvalue weighted by Crippen LogP contribution is -2.30. The lowest BCUT2D eigenvalue weighted by atomic mass is 9.97. The zero-order valence-electron chi connectivity index (χ0n) is 19.4. The third kappa shape index (κ3) is 4.91. The van der Waals surface area contributed by atoms with Gasteiger partial charge in [0.05, 0.1) is 34.7 Å². The summed E-state index contributed by atoms with van der Waals surface area (Å²) in [5.74, 6) is 0.646. The van der Waals surface area contributed by atoms with E-state index in [1.807, 2.05) is 61.5 Å². The Labute approximate surface area is 204 Å². The number of fused-ring (bicyclic) bond motifs is 1. The Morgan fingerprint density at radius 2 is 1.86 bits per heavy atom. The maximum atomic E-state index is 9.38. The Balaban J connectivity index is 1.49. The summed E-state index contributed by atoms with van der Waals surface area (Å²) in [7, 11) is 0. The normalized spacial score (nSPS) is 11.8. The van der Waals surface area contributed by atoms with Crippen LogP contribution >= 0.6 is 0 Å². The van der Waals surface area contributed by atoms with Gasteiger partial charge in [0.1, 0.15) is 12.4 Å². The highest BCUT2D eigenvalue weighted by atomic mass is 16.5. The van der Waals surface area contributed by atoms with Crippen molar-refractivity contribution in [3.8, 4) is 34.2 Å². The molecular formula is C29H25N5O. The highest BCUT2D eigenvalue weighted by Gasteiger charge is 2.14. The second-order valence-corrected chi connectivity index (χ2v) is 8.59. The van der Waals surface area contributed by atoms with Crippen molar-refractivity contribution < 1.29 is 4.74 Å². The number of nitriles is 1. The van der Waals surface area contributed by atoms with E-state index in [4.69, 9.17) is 15.5 Å². The molecule has 35 heavy (non-hydrogen) atoms. The molecule has 0 radical (unpaired) electrons. The molecule has 0 fully saturated rings. The first-order valence-electron chi connectivity index (χ1n) is 11.5. The number of aromatic nitrogens is 3. The lowest BCUT2D eigenvalue weighted by Gasteiger charge is -2.16. The Kier molecular flexibility index (Phi) is 6.25. The molecule has 6 nitrogen and oxygen atoms in total. The average Bonchev–Trinajstić information content (AvgIpc) is 3.28. The second-order valence-electron chi connectivity index (χ2n) is 8.59. The van der Waals surface area contributed by atoms with E-state index in [0.29, 0.717) is 17.9 Å². The molecule has 172 valence electrons. The summed E-state index contributed by atoms with van der Waals surface area (Å²) in [5.41, 5.74) is 13.6. The van der Waals surface area contributed by atoms with Gasteiger partial charge in [-0.3, -0.25) is 10.1 Å². The fourth-order valence-corrected chi connectivity index (χ4v) is 4.20. The number of aryl methyl sites for hydroxylation is 1. The zero-order chi connectivity index (χ0) is 24.2. The minimum atomic E-state index is -0.141. The van der Waals surface area contributed by atoms with Gasteiger partial charge >= 0.3 is 0 Å². The maximum Gasteiger partial charge on any atom is 0.138 e. The number of aromatic amines is 1. The first-order valence-corrected chi connectivity index (χ1v) is 11.5. The zero-order valence-corrected chi connectivity index (χ0v) is 19.4. The fourth-order valence-electron chi connectivity index (χ4n) is 4.20. The predicted octanol–water partition coefficient (Wildman–Crippen LogP) is 5.42. The van der Waals surface area contributed by atoms with Gasteiger partial charge in [-0.05, 0) is 54.8 Å². The van der Waals surface area contributed by atoms with Gasteiger partial charge in [0.25, 0.3) is 0 Å². The largest absolute Gasteiger partial charge is 0.490 e. The van der Waals surface area contributed by atoms with Crippen molar-refractivity contribution in [3.63, 3.8) is 0 Å². The summed E-state index contributed by atoms with van der Waals surface area (Å²) in [5, 5.41) is 17.8. The number of nitrogens with zero attached hydrogens (tertiary/aromatic N) is 3. The van der Waals surface area contributed by atoms with Crippen molar-refractivity contribution in [1.29, 1.82) is 5.26 Å². The number of nitrogens with one attached hydrogen (secondary N) is 1. The summed E-state index contributed by atoms with van der Waals surface area (Å²) in [4.78, 5) is 4.75. The van der Waals surface area contributed by atoms with Crippen LogP contribution in [0.25, 0.3) is 33.3 Å². The standard InChI is InChI=1S/C29H25N5O/c1-19-26-14-22(10-11-28(26)34-33-19)27-15-25(35-18-24(31)13-20-6-3-2-4-7-20)17-32-29(27)23-9-5-8-21(12-23)16-30/h2-12,14-15,17,24H,13,18,31H2,1H3,(H,33,34)/t24-/m0/s1. The maximum absolute atomic E-state index is 9.38. The van der Waals surface area contributed by atoms with Crippen molar-refractivity contribution in [2.75, 3.05) is 6.61 Å². The van der Waals surface area contributed by atoms with Gasteiger partial charge in [-0.15, -0.1) is 0 Å². The molecule has 0 saturated heterocycles. The molecule has 0 aliphatic carbocycles. The van der Waals surface area contributed by atoms with Crippen molar-refractivity contribution >= 4 is 10.9 Å². The summed E-state index contributed by atoms with van der Waals surface area (Å²) < 4.78 is 6.08. The van der Waals surface area contributed by atoms with Crippen molar-refractivity contribution in [2.45, 2.75) is 19.4 Å². The van der Waals surface area contributed by atoms with Crippen LogP contribution in [-0.4, -0.2) is 27.8 Å². The predicted molar refractivity (Wildman–Crippen MR) is 138 cm³/mol. The first-order chi connectivity index (χ1) is 17.1. The van der Waals surface area contributed by atoms with Crippen LogP contribution in [0.2, 0.25) is 0 Å². The lowest BCUT2D eigenvalue weighted by molar-refractivity contribution is 0.287. The van der Waals surface area contributed by atoms with E-state index in [2.05, 4.69) is 34.5 Å². The monoisotopic (exact) mass is 459 g/mol. The average molecular weight is 460 g/mol. The molecule has 0 aliphatic rings. The Bertz CT molecular complexity index is 1520. The molecule has 0 aliphatic heterocycles. The van der Waals surface area contributed by atoms with Crippen LogP contribution in [0.15, 0.2) is 85.1 Å². The summed E-state index contributed by atoms with van der Waals surface area (Å²) in [6.45, 7) is 2.35. The molecule has 0 saturated carbocycles. The Morgan fingerprint density at radius 1 is 1.00 bits per heavy atom. The second kappa shape index (κ2) is 9.80. The van der Waals surface area contributed by atoms with E-state index in [1.54, 1.807) is 12.3 Å². The van der Waals surface area contributed by atoms with Crippen molar-refractivity contribution in [1.82, 2.24) is 15.2 Å². The topological polar surface area (TPSA) is 101 Å². The van der Waals surface area contributed by atoms with Gasteiger partial charge in [0.15, 0.2) is 0 Å². The van der Waals surface area contributed by atoms with Crippen LogP contribution in [0.1, 0.15) is 16.8 Å². The van der Waals surface area contributed by atoms with Gasteiger partial charge in [-0.1, -0.05) is 48.5 Å². The number of ether oxygens (including phenoxy) is 1. The minimum Gasteiger partial charge on any atom is -0.490 e. The third-order valence-electron chi connectivity index (χ3n) is 6.00. The molecule has 0 unspecified atom stereocenters. The highest BCUT2D eigenvalue weighted by molar-refractivity contribution is 5.90. The van der Waals surface area contributed by atoms with Crippen LogP contribution in [0, 0.1) is 18.3 Å². The highest BCUT2D eigenvalue weighted by Crippen LogP contribution is 2.35. The number of hydrogen-bond donors (Lipinski definition) is 2. The van der Waals surface area contributed by atoms with E-state index in [0.717, 1.165) is 45.4 Å². The number of hydrogen-bond acceptors (Lipinski definition) is 5. The van der Waals surface area contributed by atoms with Crippen LogP contribution in [-0.2, 0) is 6.42 Å². The van der Waals surface area contributed by atoms with Crippen LogP contribution in [0.3, 0.4) is 0 Å². The summed E-state index contributed by atoms with van der Waals surface area (Å²) in [6.07, 6.45) is 2.45. The smallest absolute Gasteiger partial charge is 0.138 e. The van der Waals surface area contributed by atoms with E-state index in [1.165, 1.54) is 5.56 Å². The van der Waals surface area contributed by atoms with E-state index in [9.17, 15) is 5.26 Å². The van der Waals surface area contributed by atoms with Crippen molar-refractivity contribution in [2.24, 2.45) is 5.73 Å². The van der Waals surface area contributed by atoms with E-state index >= 15 is 0 Å². The molecule has 5 aromatic rings. The molecule has 1 atom stereocenters.